The van der Waals surface area contributed by atoms with Gasteiger partial charge in [0.1, 0.15) is 6.42 Å². The van der Waals surface area contributed by atoms with E-state index in [2.05, 4.69) is 5.32 Å². The molecule has 0 spiro atoms. The summed E-state index contributed by atoms with van der Waals surface area (Å²) in [6.45, 7) is 0.453. The zero-order valence-corrected chi connectivity index (χ0v) is 8.26. The van der Waals surface area contributed by atoms with Gasteiger partial charge in [-0.1, -0.05) is 6.07 Å². The molecule has 0 aliphatic carbocycles. The fourth-order valence-electron chi connectivity index (χ4n) is 0.858. The van der Waals surface area contributed by atoms with Crippen molar-refractivity contribution in [3.05, 3.63) is 22.4 Å². The minimum atomic E-state index is -0.492. The Labute approximate surface area is 85.3 Å². The minimum Gasteiger partial charge on any atom is -0.351 e. The summed E-state index contributed by atoms with van der Waals surface area (Å²) in [6.07, 6.45) is -0.234. The summed E-state index contributed by atoms with van der Waals surface area (Å²) in [4.78, 5) is 22.8. The van der Waals surface area contributed by atoms with E-state index in [-0.39, 0.29) is 12.3 Å². The standard InChI is InChI=1S/C8H11N3O2S/c9-11-8(13)4-7(12)10-5-6-2-1-3-14-6/h1-3H,4-5,9H2,(H,10,12)(H,11,13). The summed E-state index contributed by atoms with van der Waals surface area (Å²) in [7, 11) is 0. The zero-order valence-electron chi connectivity index (χ0n) is 7.45. The first-order valence-electron chi connectivity index (χ1n) is 4.01. The normalized spacial score (nSPS) is 9.50. The lowest BCUT2D eigenvalue weighted by molar-refractivity contribution is -0.129. The average molecular weight is 213 g/mol. The molecular weight excluding hydrogens is 202 g/mol. The second kappa shape index (κ2) is 5.36. The van der Waals surface area contributed by atoms with Crippen molar-refractivity contribution in [1.29, 1.82) is 0 Å². The number of carbonyl (C=O) groups excluding carboxylic acids is 2. The van der Waals surface area contributed by atoms with Gasteiger partial charge in [0.05, 0.1) is 6.54 Å². The van der Waals surface area contributed by atoms with Crippen molar-refractivity contribution in [2.24, 2.45) is 5.84 Å². The lowest BCUT2D eigenvalue weighted by atomic mass is 10.3. The lowest BCUT2D eigenvalue weighted by Gasteiger charge is -2.02. The number of rotatable bonds is 4. The highest BCUT2D eigenvalue weighted by Gasteiger charge is 2.07. The van der Waals surface area contributed by atoms with Gasteiger partial charge in [-0.15, -0.1) is 11.3 Å². The smallest absolute Gasteiger partial charge is 0.243 e. The molecule has 0 fully saturated rings. The number of amides is 2. The van der Waals surface area contributed by atoms with Crippen molar-refractivity contribution >= 4 is 23.2 Å². The fourth-order valence-corrected chi connectivity index (χ4v) is 1.50. The molecule has 0 aliphatic heterocycles. The minimum absolute atomic E-state index is 0.234. The summed E-state index contributed by atoms with van der Waals surface area (Å²) in [5, 5.41) is 4.53. The van der Waals surface area contributed by atoms with E-state index in [1.54, 1.807) is 11.3 Å². The molecule has 4 N–H and O–H groups in total. The summed E-state index contributed by atoms with van der Waals surface area (Å²) in [6, 6.07) is 3.81. The van der Waals surface area contributed by atoms with E-state index in [1.807, 2.05) is 22.9 Å². The van der Waals surface area contributed by atoms with Crippen LogP contribution in [0.5, 0.6) is 0 Å². The van der Waals surface area contributed by atoms with E-state index in [0.29, 0.717) is 6.54 Å². The van der Waals surface area contributed by atoms with Gasteiger partial charge in [-0.2, -0.15) is 0 Å². The number of hydrogen-bond acceptors (Lipinski definition) is 4. The molecule has 14 heavy (non-hydrogen) atoms. The van der Waals surface area contributed by atoms with Gasteiger partial charge in [-0.3, -0.25) is 15.0 Å². The van der Waals surface area contributed by atoms with Crippen LogP contribution in [0.3, 0.4) is 0 Å². The van der Waals surface area contributed by atoms with Crippen molar-refractivity contribution < 1.29 is 9.59 Å². The maximum atomic E-state index is 11.1. The summed E-state index contributed by atoms with van der Waals surface area (Å²) < 4.78 is 0. The first-order valence-corrected chi connectivity index (χ1v) is 4.89. The van der Waals surface area contributed by atoms with Crippen LogP contribution >= 0.6 is 11.3 Å². The van der Waals surface area contributed by atoms with E-state index in [4.69, 9.17) is 5.84 Å². The highest BCUT2D eigenvalue weighted by atomic mass is 32.1. The van der Waals surface area contributed by atoms with Crippen LogP contribution in [0.1, 0.15) is 11.3 Å². The summed E-state index contributed by atoms with van der Waals surface area (Å²) in [5.41, 5.74) is 1.89. The Bertz CT molecular complexity index is 310. The molecule has 0 atom stereocenters. The Balaban J connectivity index is 2.25. The third kappa shape index (κ3) is 3.55. The quantitative estimate of drug-likeness (QED) is 0.279. The number of hydrogen-bond donors (Lipinski definition) is 3. The van der Waals surface area contributed by atoms with Crippen LogP contribution in [0.25, 0.3) is 0 Å². The lowest BCUT2D eigenvalue weighted by Crippen LogP contribution is -2.35. The van der Waals surface area contributed by atoms with Crippen LogP contribution in [0.4, 0.5) is 0 Å². The maximum Gasteiger partial charge on any atom is 0.243 e. The Kier molecular flexibility index (Phi) is 4.09. The van der Waals surface area contributed by atoms with Crippen LogP contribution in [-0.2, 0) is 16.1 Å². The highest BCUT2D eigenvalue weighted by molar-refractivity contribution is 7.09. The SMILES string of the molecule is NNC(=O)CC(=O)NCc1cccs1. The molecule has 1 rings (SSSR count). The van der Waals surface area contributed by atoms with Crippen LogP contribution in [0.2, 0.25) is 0 Å². The molecule has 0 unspecified atom stereocenters. The maximum absolute atomic E-state index is 11.1. The fraction of sp³-hybridized carbons (Fsp3) is 0.250. The van der Waals surface area contributed by atoms with Crippen LogP contribution in [0.15, 0.2) is 17.5 Å². The largest absolute Gasteiger partial charge is 0.351 e. The van der Waals surface area contributed by atoms with Crippen molar-refractivity contribution in [1.82, 2.24) is 10.7 Å². The zero-order chi connectivity index (χ0) is 10.4. The second-order valence-electron chi connectivity index (χ2n) is 2.60. The predicted octanol–water partition coefficient (Wildman–Crippen LogP) is -0.256. The molecule has 0 bridgehead atoms. The molecule has 0 saturated carbocycles. The van der Waals surface area contributed by atoms with E-state index in [9.17, 15) is 9.59 Å². The molecule has 2 amide bonds. The Morgan fingerprint density at radius 1 is 1.43 bits per heavy atom. The highest BCUT2D eigenvalue weighted by Crippen LogP contribution is 2.07. The van der Waals surface area contributed by atoms with Gasteiger partial charge < -0.3 is 5.32 Å². The molecule has 6 heteroatoms. The van der Waals surface area contributed by atoms with Crippen molar-refractivity contribution in [3.63, 3.8) is 0 Å². The van der Waals surface area contributed by atoms with Crippen molar-refractivity contribution in [2.75, 3.05) is 0 Å². The summed E-state index contributed by atoms with van der Waals surface area (Å²) in [5.74, 6) is 4.01. The van der Waals surface area contributed by atoms with Crippen LogP contribution in [-0.4, -0.2) is 11.8 Å². The Morgan fingerprint density at radius 3 is 2.79 bits per heavy atom. The molecule has 0 aromatic carbocycles. The number of carbonyl (C=O) groups is 2. The Hall–Kier alpha value is -1.40. The average Bonchev–Trinajstić information content (AvgIpc) is 2.67. The van der Waals surface area contributed by atoms with E-state index in [1.165, 1.54) is 0 Å². The Morgan fingerprint density at radius 2 is 2.21 bits per heavy atom. The molecule has 1 aromatic heterocycles. The van der Waals surface area contributed by atoms with Crippen LogP contribution < -0.4 is 16.6 Å². The van der Waals surface area contributed by atoms with Gasteiger partial charge >= 0.3 is 0 Å². The first kappa shape index (κ1) is 10.7. The molecule has 0 radical (unpaired) electrons. The van der Waals surface area contributed by atoms with Gasteiger partial charge in [0, 0.05) is 4.88 Å². The molecule has 1 aromatic rings. The number of nitrogens with two attached hydrogens (primary N) is 1. The van der Waals surface area contributed by atoms with Gasteiger partial charge in [0.25, 0.3) is 0 Å². The molecule has 1 heterocycles. The van der Waals surface area contributed by atoms with E-state index >= 15 is 0 Å². The summed E-state index contributed by atoms with van der Waals surface area (Å²) >= 11 is 1.55. The molecular formula is C8H11N3O2S. The third-order valence-corrected chi connectivity index (χ3v) is 2.40. The van der Waals surface area contributed by atoms with Gasteiger partial charge in [0.15, 0.2) is 0 Å². The number of hydrazine groups is 1. The van der Waals surface area contributed by atoms with E-state index in [0.717, 1.165) is 4.88 Å². The van der Waals surface area contributed by atoms with Crippen molar-refractivity contribution in [3.8, 4) is 0 Å². The number of thiophene rings is 1. The van der Waals surface area contributed by atoms with E-state index < -0.39 is 5.91 Å². The van der Waals surface area contributed by atoms with Gasteiger partial charge in [-0.25, -0.2) is 5.84 Å². The topological polar surface area (TPSA) is 84.2 Å². The van der Waals surface area contributed by atoms with Crippen molar-refractivity contribution in [2.45, 2.75) is 13.0 Å². The van der Waals surface area contributed by atoms with Gasteiger partial charge in [-0.05, 0) is 11.4 Å². The molecule has 5 nitrogen and oxygen atoms in total. The first-order chi connectivity index (χ1) is 6.72. The molecule has 76 valence electrons. The third-order valence-electron chi connectivity index (χ3n) is 1.52. The second-order valence-corrected chi connectivity index (χ2v) is 3.63. The van der Waals surface area contributed by atoms with Crippen LogP contribution in [0, 0.1) is 0 Å². The number of nitrogens with one attached hydrogen (secondary N) is 2. The molecule has 0 saturated heterocycles. The monoisotopic (exact) mass is 213 g/mol. The predicted molar refractivity (Wildman–Crippen MR) is 53.1 cm³/mol. The van der Waals surface area contributed by atoms with Gasteiger partial charge in [0.2, 0.25) is 11.8 Å². The molecule has 0 aliphatic rings.